The standard InChI is InChI=1S/C20H19N3O4/c1-3-18(24)22-14-10-8-13(9-11-14)20(26)23-12-17(19(25)21-2)27-16-7-5-4-6-15(16)23/h3-11,17H,1,12H2,2H3,(H,21,25)(H,22,24). The molecular formula is C20H19N3O4. The van der Waals surface area contributed by atoms with Crippen LogP contribution in [0.15, 0.2) is 61.2 Å². The van der Waals surface area contributed by atoms with Crippen LogP contribution in [0.3, 0.4) is 0 Å². The van der Waals surface area contributed by atoms with Gasteiger partial charge in [0.05, 0.1) is 12.2 Å². The van der Waals surface area contributed by atoms with Gasteiger partial charge in [0.2, 0.25) is 5.91 Å². The molecule has 1 atom stereocenters. The molecule has 1 heterocycles. The molecule has 1 unspecified atom stereocenters. The molecular weight excluding hydrogens is 346 g/mol. The summed E-state index contributed by atoms with van der Waals surface area (Å²) in [5.74, 6) is -0.420. The number of anilines is 2. The molecule has 27 heavy (non-hydrogen) atoms. The molecule has 138 valence electrons. The number of likely N-dealkylation sites (N-methyl/N-ethyl adjacent to an activating group) is 1. The molecule has 2 N–H and O–H groups in total. The first-order valence-corrected chi connectivity index (χ1v) is 8.36. The topological polar surface area (TPSA) is 87.7 Å². The van der Waals surface area contributed by atoms with Gasteiger partial charge in [0.1, 0.15) is 5.75 Å². The third-order valence-corrected chi connectivity index (χ3v) is 4.14. The summed E-state index contributed by atoms with van der Waals surface area (Å²) in [6.45, 7) is 3.50. The zero-order chi connectivity index (χ0) is 19.4. The quantitative estimate of drug-likeness (QED) is 0.811. The van der Waals surface area contributed by atoms with Crippen LogP contribution in [0.2, 0.25) is 0 Å². The highest BCUT2D eigenvalue weighted by Crippen LogP contribution is 2.34. The van der Waals surface area contributed by atoms with Gasteiger partial charge in [-0.2, -0.15) is 0 Å². The second kappa shape index (κ2) is 7.74. The Morgan fingerprint density at radius 1 is 1.15 bits per heavy atom. The summed E-state index contributed by atoms with van der Waals surface area (Å²) in [5, 5.41) is 5.17. The molecule has 7 heteroatoms. The Labute approximate surface area is 156 Å². The average molecular weight is 365 g/mol. The van der Waals surface area contributed by atoms with E-state index < -0.39 is 6.10 Å². The fourth-order valence-electron chi connectivity index (χ4n) is 2.77. The molecule has 1 aliphatic heterocycles. The molecule has 3 rings (SSSR count). The van der Waals surface area contributed by atoms with Crippen molar-refractivity contribution in [2.24, 2.45) is 0 Å². The van der Waals surface area contributed by atoms with Crippen LogP contribution in [0.25, 0.3) is 0 Å². The van der Waals surface area contributed by atoms with Crippen molar-refractivity contribution in [2.75, 3.05) is 23.8 Å². The van der Waals surface area contributed by atoms with Gasteiger partial charge in [0, 0.05) is 18.3 Å². The van der Waals surface area contributed by atoms with Crippen LogP contribution < -0.4 is 20.3 Å². The molecule has 7 nitrogen and oxygen atoms in total. The average Bonchev–Trinajstić information content (AvgIpc) is 2.72. The highest BCUT2D eigenvalue weighted by molar-refractivity contribution is 6.08. The van der Waals surface area contributed by atoms with Crippen molar-refractivity contribution in [3.8, 4) is 5.75 Å². The van der Waals surface area contributed by atoms with Crippen LogP contribution in [0, 0.1) is 0 Å². The lowest BCUT2D eigenvalue weighted by Gasteiger charge is -2.34. The number of rotatable bonds is 4. The van der Waals surface area contributed by atoms with Crippen LogP contribution >= 0.6 is 0 Å². The first-order chi connectivity index (χ1) is 13.0. The Bertz CT molecular complexity index is 892. The van der Waals surface area contributed by atoms with Crippen molar-refractivity contribution in [3.05, 3.63) is 66.7 Å². The molecule has 0 spiro atoms. The molecule has 0 fully saturated rings. The number of hydrogen-bond donors (Lipinski definition) is 2. The van der Waals surface area contributed by atoms with Crippen LogP contribution in [-0.2, 0) is 9.59 Å². The van der Waals surface area contributed by atoms with Crippen LogP contribution in [0.1, 0.15) is 10.4 Å². The highest BCUT2D eigenvalue weighted by Gasteiger charge is 2.33. The summed E-state index contributed by atoms with van der Waals surface area (Å²) < 4.78 is 5.71. The maximum atomic E-state index is 13.0. The number of amides is 3. The predicted octanol–water partition coefficient (Wildman–Crippen LogP) is 1.96. The number of ether oxygens (including phenoxy) is 1. The Morgan fingerprint density at radius 3 is 2.52 bits per heavy atom. The van der Waals surface area contributed by atoms with Gasteiger partial charge >= 0.3 is 0 Å². The zero-order valence-electron chi connectivity index (χ0n) is 14.8. The molecule has 0 bridgehead atoms. The van der Waals surface area contributed by atoms with E-state index in [0.29, 0.717) is 22.7 Å². The summed E-state index contributed by atoms with van der Waals surface area (Å²) in [5.41, 5.74) is 1.59. The largest absolute Gasteiger partial charge is 0.477 e. The number of fused-ring (bicyclic) bond motifs is 1. The molecule has 3 amide bonds. The van der Waals surface area contributed by atoms with Gasteiger partial charge in [0.15, 0.2) is 6.10 Å². The number of hydrogen-bond acceptors (Lipinski definition) is 4. The number of carbonyl (C=O) groups is 3. The first-order valence-electron chi connectivity index (χ1n) is 8.36. The summed E-state index contributed by atoms with van der Waals surface area (Å²) in [6, 6.07) is 13.6. The fourth-order valence-corrected chi connectivity index (χ4v) is 2.77. The van der Waals surface area contributed by atoms with Gasteiger partial charge in [-0.25, -0.2) is 0 Å². The van der Waals surface area contributed by atoms with Gasteiger partial charge in [0.25, 0.3) is 11.8 Å². The van der Waals surface area contributed by atoms with Gasteiger partial charge in [-0.3, -0.25) is 14.4 Å². The van der Waals surface area contributed by atoms with Gasteiger partial charge in [-0.15, -0.1) is 0 Å². The Balaban J connectivity index is 1.87. The minimum Gasteiger partial charge on any atom is -0.477 e. The van der Waals surface area contributed by atoms with E-state index in [1.165, 1.54) is 18.0 Å². The number of para-hydroxylation sites is 2. The van der Waals surface area contributed by atoms with Crippen LogP contribution in [-0.4, -0.2) is 37.4 Å². The molecule has 0 radical (unpaired) electrons. The number of benzene rings is 2. The van der Waals surface area contributed by atoms with E-state index in [-0.39, 0.29) is 24.3 Å². The molecule has 0 aliphatic carbocycles. The zero-order valence-corrected chi connectivity index (χ0v) is 14.8. The Kier molecular flexibility index (Phi) is 5.21. The summed E-state index contributed by atoms with van der Waals surface area (Å²) in [7, 11) is 1.52. The smallest absolute Gasteiger partial charge is 0.262 e. The van der Waals surface area contributed by atoms with E-state index in [2.05, 4.69) is 17.2 Å². The maximum Gasteiger partial charge on any atom is 0.262 e. The fraction of sp³-hybridized carbons (Fsp3) is 0.150. The van der Waals surface area contributed by atoms with Gasteiger partial charge in [-0.05, 0) is 42.5 Å². The SMILES string of the molecule is C=CC(=O)Nc1ccc(C(=O)N2CC(C(=O)NC)Oc3ccccc32)cc1. The summed E-state index contributed by atoms with van der Waals surface area (Å²) in [4.78, 5) is 38.0. The third kappa shape index (κ3) is 3.82. The molecule has 0 aromatic heterocycles. The second-order valence-electron chi connectivity index (χ2n) is 5.87. The lowest BCUT2D eigenvalue weighted by molar-refractivity contribution is -0.127. The second-order valence-corrected chi connectivity index (χ2v) is 5.87. The molecule has 1 aliphatic rings. The minimum absolute atomic E-state index is 0.102. The van der Waals surface area contributed by atoms with Crippen molar-refractivity contribution in [3.63, 3.8) is 0 Å². The van der Waals surface area contributed by atoms with E-state index in [4.69, 9.17) is 4.74 Å². The monoisotopic (exact) mass is 365 g/mol. The lowest BCUT2D eigenvalue weighted by Crippen LogP contribution is -2.50. The van der Waals surface area contributed by atoms with Crippen molar-refractivity contribution < 1.29 is 19.1 Å². The molecule has 0 saturated heterocycles. The van der Waals surface area contributed by atoms with Gasteiger partial charge < -0.3 is 20.3 Å². The van der Waals surface area contributed by atoms with Crippen LogP contribution in [0.5, 0.6) is 5.75 Å². The maximum absolute atomic E-state index is 13.0. The van der Waals surface area contributed by atoms with E-state index in [1.54, 1.807) is 48.5 Å². The minimum atomic E-state index is -0.792. The first kappa shape index (κ1) is 18.2. The Morgan fingerprint density at radius 2 is 1.85 bits per heavy atom. The summed E-state index contributed by atoms with van der Waals surface area (Å²) >= 11 is 0. The number of nitrogens with one attached hydrogen (secondary N) is 2. The molecule has 2 aromatic rings. The molecule has 0 saturated carbocycles. The highest BCUT2D eigenvalue weighted by atomic mass is 16.5. The van der Waals surface area contributed by atoms with E-state index in [1.807, 2.05) is 0 Å². The number of carbonyl (C=O) groups excluding carboxylic acids is 3. The summed E-state index contributed by atoms with van der Waals surface area (Å²) in [6.07, 6.45) is 0.378. The van der Waals surface area contributed by atoms with Crippen molar-refractivity contribution in [1.29, 1.82) is 0 Å². The van der Waals surface area contributed by atoms with Gasteiger partial charge in [-0.1, -0.05) is 18.7 Å². The van der Waals surface area contributed by atoms with Crippen molar-refractivity contribution >= 4 is 29.1 Å². The Hall–Kier alpha value is -3.61. The predicted molar refractivity (Wildman–Crippen MR) is 102 cm³/mol. The normalized spacial score (nSPS) is 15.1. The lowest BCUT2D eigenvalue weighted by atomic mass is 10.1. The third-order valence-electron chi connectivity index (χ3n) is 4.14. The van der Waals surface area contributed by atoms with E-state index in [0.717, 1.165) is 0 Å². The van der Waals surface area contributed by atoms with Crippen LogP contribution in [0.4, 0.5) is 11.4 Å². The van der Waals surface area contributed by atoms with E-state index >= 15 is 0 Å². The molecule has 2 aromatic carbocycles. The number of nitrogens with zero attached hydrogens (tertiary/aromatic N) is 1. The van der Waals surface area contributed by atoms with Crippen molar-refractivity contribution in [1.82, 2.24) is 5.32 Å². The van der Waals surface area contributed by atoms with Crippen molar-refractivity contribution in [2.45, 2.75) is 6.10 Å². The van der Waals surface area contributed by atoms with E-state index in [9.17, 15) is 14.4 Å².